The first-order chi connectivity index (χ1) is 15.9. The van der Waals surface area contributed by atoms with Crippen molar-refractivity contribution < 1.29 is 29.3 Å². The third-order valence-electron chi connectivity index (χ3n) is 6.01. The van der Waals surface area contributed by atoms with Crippen LogP contribution in [0, 0.1) is 0 Å². The lowest BCUT2D eigenvalue weighted by atomic mass is 10.0. The van der Waals surface area contributed by atoms with E-state index in [0.717, 1.165) is 10.9 Å². The molecule has 3 heterocycles. The van der Waals surface area contributed by atoms with E-state index in [2.05, 4.69) is 10.2 Å². The maximum atomic E-state index is 13.0. The highest BCUT2D eigenvalue weighted by molar-refractivity contribution is 6.15. The summed E-state index contributed by atoms with van der Waals surface area (Å²) in [5.41, 5.74) is 2.21. The van der Waals surface area contributed by atoms with Crippen LogP contribution in [0.25, 0.3) is 17.0 Å². The molecule has 3 N–H and O–H groups in total. The van der Waals surface area contributed by atoms with Crippen molar-refractivity contribution in [2.24, 2.45) is 0 Å². The lowest BCUT2D eigenvalue weighted by Crippen LogP contribution is -2.47. The molecule has 33 heavy (non-hydrogen) atoms. The fourth-order valence-electron chi connectivity index (χ4n) is 4.15. The van der Waals surface area contributed by atoms with Crippen molar-refractivity contribution >= 4 is 28.9 Å². The number of hydrogen-bond donors (Lipinski definition) is 3. The van der Waals surface area contributed by atoms with Crippen LogP contribution in [0.2, 0.25) is 0 Å². The number of carbonyl (C=O) groups excluding carboxylic acids is 1. The maximum absolute atomic E-state index is 13.0. The van der Waals surface area contributed by atoms with Crippen molar-refractivity contribution in [2.75, 3.05) is 33.3 Å². The molecule has 1 amide bonds. The number of hydrogen-bond acceptors (Lipinski definition) is 7. The Hall–Kier alpha value is -4.05. The molecular weight excluding hydrogens is 428 g/mol. The smallest absolute Gasteiger partial charge is 0.407 e. The van der Waals surface area contributed by atoms with Crippen molar-refractivity contribution in [1.82, 2.24) is 20.0 Å². The van der Waals surface area contributed by atoms with Gasteiger partial charge in [-0.15, -0.1) is 0 Å². The predicted molar refractivity (Wildman–Crippen MR) is 119 cm³/mol. The number of nitrogens with zero attached hydrogens (tertiary/aromatic N) is 3. The molecule has 1 aromatic heterocycles. The number of aromatic hydroxyl groups is 1. The number of piperazine rings is 1. The summed E-state index contributed by atoms with van der Waals surface area (Å²) in [5.74, 6) is 0.841. The van der Waals surface area contributed by atoms with Crippen LogP contribution in [0.3, 0.4) is 0 Å². The standard InChI is InChI=1S/C23H22N4O6/c1-32-13-2-4-17-15(10-13)18(25-24-17)11-20-21(29)14-3-5-19(28)16(22(14)33-20)12-26-6-8-27(9-7-26)23(30)31/h2-5,10-11,28H,6-9,12H2,1H3,(H,24,25)(H,30,31)/b20-11-. The zero-order valence-corrected chi connectivity index (χ0v) is 17.9. The summed E-state index contributed by atoms with van der Waals surface area (Å²) in [7, 11) is 1.58. The van der Waals surface area contributed by atoms with Gasteiger partial charge in [0.15, 0.2) is 5.76 Å². The summed E-state index contributed by atoms with van der Waals surface area (Å²) in [6.07, 6.45) is 0.637. The summed E-state index contributed by atoms with van der Waals surface area (Å²) in [6.45, 7) is 2.14. The summed E-state index contributed by atoms with van der Waals surface area (Å²) >= 11 is 0. The van der Waals surface area contributed by atoms with Gasteiger partial charge in [-0.05, 0) is 30.3 Å². The van der Waals surface area contributed by atoms with Crippen molar-refractivity contribution in [3.8, 4) is 17.2 Å². The van der Waals surface area contributed by atoms with E-state index in [0.29, 0.717) is 61.0 Å². The van der Waals surface area contributed by atoms with Gasteiger partial charge >= 0.3 is 6.09 Å². The topological polar surface area (TPSA) is 128 Å². The number of ketones is 1. The van der Waals surface area contributed by atoms with Crippen LogP contribution < -0.4 is 9.47 Å². The number of rotatable bonds is 4. The molecule has 2 aliphatic heterocycles. The third kappa shape index (κ3) is 3.74. The first-order valence-electron chi connectivity index (χ1n) is 10.5. The SMILES string of the molecule is COc1ccc2[nH]nc(/C=C3\Oc4c(ccc(O)c4CN4CCN(C(=O)O)CC4)C3=O)c2c1. The molecule has 0 atom stereocenters. The number of nitrogens with one attached hydrogen (secondary N) is 1. The molecule has 10 heteroatoms. The number of methoxy groups -OCH3 is 1. The fraction of sp³-hybridized carbons (Fsp3) is 0.261. The number of phenols is 1. The summed E-state index contributed by atoms with van der Waals surface area (Å²) in [6, 6.07) is 8.52. The highest BCUT2D eigenvalue weighted by atomic mass is 16.5. The van der Waals surface area contributed by atoms with Gasteiger partial charge in [0, 0.05) is 44.2 Å². The molecule has 2 aromatic carbocycles. The van der Waals surface area contributed by atoms with Gasteiger partial charge in [0.25, 0.3) is 0 Å². The summed E-state index contributed by atoms with van der Waals surface area (Å²) < 4.78 is 11.2. The molecule has 0 unspecified atom stereocenters. The van der Waals surface area contributed by atoms with E-state index >= 15 is 0 Å². The van der Waals surface area contributed by atoms with Crippen LogP contribution in [-0.4, -0.2) is 75.4 Å². The first kappa shape index (κ1) is 20.8. The zero-order valence-electron chi connectivity index (χ0n) is 17.9. The molecule has 1 saturated heterocycles. The second-order valence-corrected chi connectivity index (χ2v) is 7.95. The molecular formula is C23H22N4O6. The van der Waals surface area contributed by atoms with Crippen LogP contribution in [0.5, 0.6) is 17.2 Å². The number of carboxylic acid groups (broad SMARTS) is 1. The molecule has 3 aromatic rings. The molecule has 0 bridgehead atoms. The van der Waals surface area contributed by atoms with Gasteiger partial charge in [0.05, 0.1) is 29.4 Å². The molecule has 0 aliphatic carbocycles. The predicted octanol–water partition coefficient (Wildman–Crippen LogP) is 2.69. The molecule has 10 nitrogen and oxygen atoms in total. The number of benzene rings is 2. The Bertz CT molecular complexity index is 1290. The summed E-state index contributed by atoms with van der Waals surface area (Å²) in [5, 5.41) is 27.6. The highest BCUT2D eigenvalue weighted by Crippen LogP contribution is 2.40. The zero-order chi connectivity index (χ0) is 23.1. The van der Waals surface area contributed by atoms with Gasteiger partial charge in [0.2, 0.25) is 5.78 Å². The Balaban J connectivity index is 1.43. The van der Waals surface area contributed by atoms with Crippen LogP contribution in [-0.2, 0) is 6.54 Å². The van der Waals surface area contributed by atoms with Crippen LogP contribution in [0.1, 0.15) is 21.6 Å². The van der Waals surface area contributed by atoms with Crippen molar-refractivity contribution in [3.05, 3.63) is 52.9 Å². The average Bonchev–Trinajstić information content (AvgIpc) is 3.36. The number of carbonyl (C=O) groups is 2. The minimum Gasteiger partial charge on any atom is -0.507 e. The quantitative estimate of drug-likeness (QED) is 0.518. The molecule has 0 spiro atoms. The average molecular weight is 450 g/mol. The van der Waals surface area contributed by atoms with Crippen LogP contribution in [0.4, 0.5) is 4.79 Å². The number of aromatic amines is 1. The van der Waals surface area contributed by atoms with Gasteiger partial charge in [0.1, 0.15) is 17.2 Å². The van der Waals surface area contributed by atoms with Crippen molar-refractivity contribution in [2.45, 2.75) is 6.54 Å². The van der Waals surface area contributed by atoms with Gasteiger partial charge in [-0.25, -0.2) is 4.79 Å². The minimum atomic E-state index is -0.940. The molecule has 1 fully saturated rings. The minimum absolute atomic E-state index is 0.0263. The number of allylic oxidation sites excluding steroid dienone is 1. The van der Waals surface area contributed by atoms with Gasteiger partial charge in [-0.3, -0.25) is 14.8 Å². The molecule has 5 rings (SSSR count). The molecule has 0 saturated carbocycles. The van der Waals surface area contributed by atoms with E-state index in [-0.39, 0.29) is 17.3 Å². The second kappa shape index (κ2) is 8.14. The Labute approximate surface area is 188 Å². The highest BCUT2D eigenvalue weighted by Gasteiger charge is 2.32. The second-order valence-electron chi connectivity index (χ2n) is 7.95. The summed E-state index contributed by atoms with van der Waals surface area (Å²) in [4.78, 5) is 27.6. The van der Waals surface area contributed by atoms with E-state index in [1.54, 1.807) is 19.3 Å². The first-order valence-corrected chi connectivity index (χ1v) is 10.5. The van der Waals surface area contributed by atoms with E-state index in [4.69, 9.17) is 14.6 Å². The Morgan fingerprint density at radius 2 is 2.03 bits per heavy atom. The normalized spacial score (nSPS) is 17.4. The number of phenolic OH excluding ortho intramolecular Hbond substituents is 1. The third-order valence-corrected chi connectivity index (χ3v) is 6.01. The molecule has 0 radical (unpaired) electrons. The monoisotopic (exact) mass is 450 g/mol. The lowest BCUT2D eigenvalue weighted by molar-refractivity contribution is 0.101. The molecule has 2 aliphatic rings. The van der Waals surface area contributed by atoms with E-state index in [9.17, 15) is 14.7 Å². The number of fused-ring (bicyclic) bond motifs is 2. The Kier molecular flexibility index (Phi) is 5.14. The Morgan fingerprint density at radius 3 is 2.76 bits per heavy atom. The Morgan fingerprint density at radius 1 is 1.24 bits per heavy atom. The maximum Gasteiger partial charge on any atom is 0.407 e. The number of aromatic nitrogens is 2. The number of amides is 1. The van der Waals surface area contributed by atoms with E-state index < -0.39 is 6.09 Å². The molecule has 170 valence electrons. The van der Waals surface area contributed by atoms with E-state index in [1.165, 1.54) is 11.0 Å². The van der Waals surface area contributed by atoms with Gasteiger partial charge in [-0.2, -0.15) is 5.10 Å². The van der Waals surface area contributed by atoms with Gasteiger partial charge < -0.3 is 24.6 Å². The van der Waals surface area contributed by atoms with Crippen molar-refractivity contribution in [1.29, 1.82) is 0 Å². The van der Waals surface area contributed by atoms with Crippen molar-refractivity contribution in [3.63, 3.8) is 0 Å². The lowest BCUT2D eigenvalue weighted by Gasteiger charge is -2.33. The largest absolute Gasteiger partial charge is 0.507 e. The van der Waals surface area contributed by atoms with Gasteiger partial charge in [-0.1, -0.05) is 0 Å². The van der Waals surface area contributed by atoms with Crippen LogP contribution in [0.15, 0.2) is 36.1 Å². The number of Topliss-reactive ketones (excluding diaryl/α,β-unsaturated/α-hetero) is 1. The number of ether oxygens (including phenoxy) is 2. The fourth-order valence-corrected chi connectivity index (χ4v) is 4.15. The van der Waals surface area contributed by atoms with E-state index in [1.807, 2.05) is 23.1 Å². The van der Waals surface area contributed by atoms with Crippen LogP contribution >= 0.6 is 0 Å². The number of H-pyrrole nitrogens is 1.